The number of nitrogens with zero attached hydrogens (tertiary/aromatic N) is 3. The van der Waals surface area contributed by atoms with Crippen LogP contribution in [0.25, 0.3) is 11.3 Å². The number of carbonyl (C=O) groups excluding carboxylic acids is 1. The maximum atomic E-state index is 12.5. The van der Waals surface area contributed by atoms with Crippen LogP contribution >= 0.6 is 0 Å². The van der Waals surface area contributed by atoms with E-state index in [4.69, 9.17) is 0 Å². The van der Waals surface area contributed by atoms with E-state index in [1.165, 1.54) is 5.56 Å². The van der Waals surface area contributed by atoms with Gasteiger partial charge in [-0.15, -0.1) is 0 Å². The molecule has 3 aromatic rings. The minimum Gasteiger partial charge on any atom is -0.335 e. The molecule has 2 aromatic carbocycles. The van der Waals surface area contributed by atoms with Crippen molar-refractivity contribution in [2.75, 3.05) is 18.4 Å². The highest BCUT2D eigenvalue weighted by atomic mass is 16.2. The standard InChI is InChI=1S/C23H27N5O/c1-27-22(10-13-24-27)19-8-5-9-21(16-19)26-23(29)25-20-11-14-28(15-12-20)17-18-6-3-2-4-7-18/h2-10,13,16,20H,11-12,14-15,17H2,1H3,(H2,25,26,29). The summed E-state index contributed by atoms with van der Waals surface area (Å²) in [5.41, 5.74) is 4.16. The topological polar surface area (TPSA) is 62.2 Å². The van der Waals surface area contributed by atoms with E-state index >= 15 is 0 Å². The summed E-state index contributed by atoms with van der Waals surface area (Å²) < 4.78 is 1.82. The lowest BCUT2D eigenvalue weighted by Crippen LogP contribution is -2.45. The molecule has 1 saturated heterocycles. The molecule has 0 spiro atoms. The summed E-state index contributed by atoms with van der Waals surface area (Å²) in [4.78, 5) is 14.9. The second-order valence-electron chi connectivity index (χ2n) is 7.56. The molecule has 0 atom stereocenters. The number of amides is 2. The van der Waals surface area contributed by atoms with E-state index in [0.717, 1.165) is 49.4 Å². The number of aromatic nitrogens is 2. The van der Waals surface area contributed by atoms with E-state index in [0.29, 0.717) is 0 Å². The molecule has 1 fully saturated rings. The summed E-state index contributed by atoms with van der Waals surface area (Å²) in [6.45, 7) is 2.96. The van der Waals surface area contributed by atoms with Crippen LogP contribution in [0.15, 0.2) is 66.9 Å². The number of aryl methyl sites for hydroxylation is 1. The predicted octanol–water partition coefficient (Wildman–Crippen LogP) is 3.87. The average Bonchev–Trinajstić information content (AvgIpc) is 3.16. The molecule has 6 heteroatoms. The summed E-state index contributed by atoms with van der Waals surface area (Å²) in [5, 5.41) is 10.3. The number of rotatable bonds is 5. The third kappa shape index (κ3) is 5.03. The van der Waals surface area contributed by atoms with Gasteiger partial charge in [-0.05, 0) is 36.6 Å². The highest BCUT2D eigenvalue weighted by Crippen LogP contribution is 2.22. The zero-order valence-corrected chi connectivity index (χ0v) is 16.7. The van der Waals surface area contributed by atoms with Crippen molar-refractivity contribution in [3.8, 4) is 11.3 Å². The number of likely N-dealkylation sites (tertiary alicyclic amines) is 1. The molecule has 4 rings (SSSR count). The van der Waals surface area contributed by atoms with E-state index < -0.39 is 0 Å². The minimum atomic E-state index is -0.145. The van der Waals surface area contributed by atoms with Crippen molar-refractivity contribution in [3.05, 3.63) is 72.4 Å². The van der Waals surface area contributed by atoms with Gasteiger partial charge < -0.3 is 10.6 Å². The van der Waals surface area contributed by atoms with Gasteiger partial charge in [0.1, 0.15) is 0 Å². The van der Waals surface area contributed by atoms with Gasteiger partial charge in [-0.25, -0.2) is 4.79 Å². The first-order chi connectivity index (χ1) is 14.2. The van der Waals surface area contributed by atoms with Crippen LogP contribution in [-0.2, 0) is 13.6 Å². The zero-order valence-electron chi connectivity index (χ0n) is 16.7. The molecule has 150 valence electrons. The Balaban J connectivity index is 1.27. The van der Waals surface area contributed by atoms with Crippen molar-refractivity contribution in [3.63, 3.8) is 0 Å². The molecule has 1 aromatic heterocycles. The third-order valence-corrected chi connectivity index (χ3v) is 5.41. The smallest absolute Gasteiger partial charge is 0.319 e. The molecule has 2 amide bonds. The first kappa shape index (κ1) is 19.2. The van der Waals surface area contributed by atoms with Crippen LogP contribution in [-0.4, -0.2) is 39.8 Å². The van der Waals surface area contributed by atoms with E-state index in [1.807, 2.05) is 48.1 Å². The third-order valence-electron chi connectivity index (χ3n) is 5.41. The Kier molecular flexibility index (Phi) is 5.91. The minimum absolute atomic E-state index is 0.145. The summed E-state index contributed by atoms with van der Waals surface area (Å²) >= 11 is 0. The van der Waals surface area contributed by atoms with Gasteiger partial charge in [-0.1, -0.05) is 42.5 Å². The van der Waals surface area contributed by atoms with Gasteiger partial charge in [-0.2, -0.15) is 5.10 Å². The van der Waals surface area contributed by atoms with Crippen molar-refractivity contribution in [2.45, 2.75) is 25.4 Å². The quantitative estimate of drug-likeness (QED) is 0.696. The van der Waals surface area contributed by atoms with E-state index in [2.05, 4.69) is 44.9 Å². The van der Waals surface area contributed by atoms with E-state index in [9.17, 15) is 4.79 Å². The van der Waals surface area contributed by atoms with Gasteiger partial charge in [0, 0.05) is 50.2 Å². The summed E-state index contributed by atoms with van der Waals surface area (Å²) in [7, 11) is 1.91. The van der Waals surface area contributed by atoms with Crippen molar-refractivity contribution in [1.82, 2.24) is 20.0 Å². The molecule has 0 bridgehead atoms. The maximum absolute atomic E-state index is 12.5. The number of benzene rings is 2. The van der Waals surface area contributed by atoms with Crippen LogP contribution < -0.4 is 10.6 Å². The fourth-order valence-corrected chi connectivity index (χ4v) is 3.84. The molecule has 2 heterocycles. The highest BCUT2D eigenvalue weighted by molar-refractivity contribution is 5.90. The van der Waals surface area contributed by atoms with E-state index in [-0.39, 0.29) is 12.1 Å². The molecule has 2 N–H and O–H groups in total. The Labute approximate surface area is 171 Å². The molecule has 6 nitrogen and oxygen atoms in total. The van der Waals surface area contributed by atoms with Gasteiger partial charge in [0.15, 0.2) is 0 Å². The lowest BCUT2D eigenvalue weighted by Gasteiger charge is -2.32. The molecule has 1 aliphatic rings. The highest BCUT2D eigenvalue weighted by Gasteiger charge is 2.20. The number of nitrogens with one attached hydrogen (secondary N) is 2. The number of piperidine rings is 1. The molecule has 0 aliphatic carbocycles. The number of carbonyl (C=O) groups is 1. The number of hydrogen-bond acceptors (Lipinski definition) is 3. The predicted molar refractivity (Wildman–Crippen MR) is 116 cm³/mol. The first-order valence-electron chi connectivity index (χ1n) is 10.1. The van der Waals surface area contributed by atoms with Crippen molar-refractivity contribution in [1.29, 1.82) is 0 Å². The Morgan fingerprint density at radius 1 is 1.07 bits per heavy atom. The Hall–Kier alpha value is -3.12. The Morgan fingerprint density at radius 3 is 2.59 bits per heavy atom. The van der Waals surface area contributed by atoms with Gasteiger partial charge in [0.05, 0.1) is 5.69 Å². The number of urea groups is 1. The molecule has 29 heavy (non-hydrogen) atoms. The summed E-state index contributed by atoms with van der Waals surface area (Å²) in [5.74, 6) is 0. The van der Waals surface area contributed by atoms with Crippen LogP contribution in [0.5, 0.6) is 0 Å². The normalized spacial score (nSPS) is 15.2. The van der Waals surface area contributed by atoms with Crippen LogP contribution in [0.1, 0.15) is 18.4 Å². The fraction of sp³-hybridized carbons (Fsp3) is 0.304. The van der Waals surface area contributed by atoms with Gasteiger partial charge in [0.2, 0.25) is 0 Å². The molecule has 1 aliphatic heterocycles. The molecular weight excluding hydrogens is 362 g/mol. The SMILES string of the molecule is Cn1nccc1-c1cccc(NC(=O)NC2CCN(Cc3ccccc3)CC2)c1. The Bertz CT molecular complexity index is 945. The molecule has 0 unspecified atom stereocenters. The molecular formula is C23H27N5O. The van der Waals surface area contributed by atoms with Crippen LogP contribution in [0, 0.1) is 0 Å². The van der Waals surface area contributed by atoms with Gasteiger partial charge in [0.25, 0.3) is 0 Å². The largest absolute Gasteiger partial charge is 0.335 e. The molecule has 0 saturated carbocycles. The second kappa shape index (κ2) is 8.92. The van der Waals surface area contributed by atoms with Gasteiger partial charge in [-0.3, -0.25) is 9.58 Å². The van der Waals surface area contributed by atoms with Crippen molar-refractivity contribution >= 4 is 11.7 Å². The first-order valence-corrected chi connectivity index (χ1v) is 10.1. The van der Waals surface area contributed by atoms with Crippen LogP contribution in [0.4, 0.5) is 10.5 Å². The van der Waals surface area contributed by atoms with Crippen LogP contribution in [0.2, 0.25) is 0 Å². The Morgan fingerprint density at radius 2 is 1.86 bits per heavy atom. The molecule has 0 radical (unpaired) electrons. The zero-order chi connectivity index (χ0) is 20.1. The average molecular weight is 390 g/mol. The monoisotopic (exact) mass is 389 g/mol. The maximum Gasteiger partial charge on any atom is 0.319 e. The van der Waals surface area contributed by atoms with Crippen molar-refractivity contribution in [2.24, 2.45) is 7.05 Å². The summed E-state index contributed by atoms with van der Waals surface area (Å²) in [6.07, 6.45) is 3.71. The summed E-state index contributed by atoms with van der Waals surface area (Å²) in [6, 6.07) is 20.4. The lowest BCUT2D eigenvalue weighted by molar-refractivity contribution is 0.190. The number of anilines is 1. The van der Waals surface area contributed by atoms with Gasteiger partial charge >= 0.3 is 6.03 Å². The second-order valence-corrected chi connectivity index (χ2v) is 7.56. The van der Waals surface area contributed by atoms with Crippen molar-refractivity contribution < 1.29 is 4.79 Å². The lowest BCUT2D eigenvalue weighted by atomic mass is 10.0. The number of hydrogen-bond donors (Lipinski definition) is 2. The van der Waals surface area contributed by atoms with E-state index in [1.54, 1.807) is 6.20 Å². The fourth-order valence-electron chi connectivity index (χ4n) is 3.84. The van der Waals surface area contributed by atoms with Crippen LogP contribution in [0.3, 0.4) is 0 Å².